The number of rotatable bonds is 8. The number of nitrogens with zero attached hydrogens (tertiary/aromatic N) is 1. The van der Waals surface area contributed by atoms with Crippen LogP contribution in [0.25, 0.3) is 0 Å². The molecule has 1 aliphatic rings. The van der Waals surface area contributed by atoms with Gasteiger partial charge in [-0.15, -0.1) is 0 Å². The molecule has 1 heterocycles. The quantitative estimate of drug-likeness (QED) is 0.677. The van der Waals surface area contributed by atoms with Crippen LogP contribution in [0.1, 0.15) is 6.42 Å². The molecule has 1 N–H and O–H groups in total. The summed E-state index contributed by atoms with van der Waals surface area (Å²) in [6.45, 7) is 0.775. The Morgan fingerprint density at radius 1 is 1.11 bits per heavy atom. The smallest absolute Gasteiger partial charge is 0.243 e. The lowest BCUT2D eigenvalue weighted by Gasteiger charge is -2.23. The van der Waals surface area contributed by atoms with Crippen molar-refractivity contribution in [1.82, 2.24) is 9.62 Å². The second-order valence-electron chi connectivity index (χ2n) is 6.48. The molecule has 8 heteroatoms. The molecule has 0 aromatic heterocycles. The highest BCUT2D eigenvalue weighted by Crippen LogP contribution is 2.29. The summed E-state index contributed by atoms with van der Waals surface area (Å²) >= 11 is 0. The molecule has 150 valence electrons. The molecule has 0 aliphatic carbocycles. The summed E-state index contributed by atoms with van der Waals surface area (Å²) < 4.78 is 38.4. The molecule has 7 nitrogen and oxygen atoms in total. The number of sulfonamides is 1. The summed E-state index contributed by atoms with van der Waals surface area (Å²) in [6.07, 6.45) is -0.140. The third-order valence-corrected chi connectivity index (χ3v) is 6.41. The molecule has 0 bridgehead atoms. The van der Waals surface area contributed by atoms with E-state index in [4.69, 9.17) is 9.47 Å². The lowest BCUT2D eigenvalue weighted by atomic mass is 10.2. The van der Waals surface area contributed by atoms with Crippen molar-refractivity contribution in [3.8, 4) is 5.75 Å². The average molecular weight is 404 g/mol. The number of hydrogen-bond donors (Lipinski definition) is 1. The van der Waals surface area contributed by atoms with Gasteiger partial charge in [-0.25, -0.2) is 8.42 Å². The van der Waals surface area contributed by atoms with Crippen LogP contribution < -0.4 is 10.1 Å². The molecule has 1 fully saturated rings. The molecule has 2 atom stereocenters. The minimum atomic E-state index is -3.83. The Labute approximate surface area is 165 Å². The number of hydrogen-bond acceptors (Lipinski definition) is 5. The Morgan fingerprint density at radius 3 is 2.39 bits per heavy atom. The van der Waals surface area contributed by atoms with Gasteiger partial charge < -0.3 is 14.8 Å². The molecule has 0 radical (unpaired) electrons. The van der Waals surface area contributed by atoms with E-state index in [2.05, 4.69) is 5.32 Å². The Balaban J connectivity index is 1.82. The van der Waals surface area contributed by atoms with Crippen molar-refractivity contribution in [2.24, 2.45) is 0 Å². The van der Waals surface area contributed by atoms with E-state index in [-0.39, 0.29) is 23.8 Å². The van der Waals surface area contributed by atoms with Crippen molar-refractivity contribution in [2.75, 3.05) is 26.8 Å². The average Bonchev–Trinajstić information content (AvgIpc) is 3.14. The van der Waals surface area contributed by atoms with Crippen LogP contribution in [0.4, 0.5) is 0 Å². The first-order chi connectivity index (χ1) is 13.5. The number of ether oxygens (including phenoxy) is 2. The molecule has 28 heavy (non-hydrogen) atoms. The van der Waals surface area contributed by atoms with Gasteiger partial charge in [0.2, 0.25) is 15.9 Å². The van der Waals surface area contributed by atoms with Gasteiger partial charge >= 0.3 is 0 Å². The van der Waals surface area contributed by atoms with Crippen molar-refractivity contribution in [3.05, 3.63) is 60.7 Å². The number of amides is 1. The van der Waals surface area contributed by atoms with Gasteiger partial charge in [0.05, 0.1) is 18.0 Å². The maximum Gasteiger partial charge on any atom is 0.243 e. The first-order valence-electron chi connectivity index (χ1n) is 9.07. The van der Waals surface area contributed by atoms with Crippen molar-refractivity contribution >= 4 is 15.9 Å². The van der Waals surface area contributed by atoms with Crippen LogP contribution in [0.15, 0.2) is 65.6 Å². The summed E-state index contributed by atoms with van der Waals surface area (Å²) in [7, 11) is -2.29. The van der Waals surface area contributed by atoms with Gasteiger partial charge in [-0.2, -0.15) is 4.31 Å². The van der Waals surface area contributed by atoms with E-state index >= 15 is 0 Å². The van der Waals surface area contributed by atoms with Gasteiger partial charge in [0.15, 0.2) is 0 Å². The fourth-order valence-corrected chi connectivity index (χ4v) is 4.82. The fraction of sp³-hybridized carbons (Fsp3) is 0.350. The van der Waals surface area contributed by atoms with E-state index in [1.54, 1.807) is 18.2 Å². The van der Waals surface area contributed by atoms with Crippen molar-refractivity contribution in [2.45, 2.75) is 23.5 Å². The molecule has 2 aromatic rings. The van der Waals surface area contributed by atoms with Crippen LogP contribution in [0.5, 0.6) is 5.75 Å². The summed E-state index contributed by atoms with van der Waals surface area (Å²) in [5, 5.41) is 2.74. The van der Waals surface area contributed by atoms with Crippen LogP contribution in [0.2, 0.25) is 0 Å². The molecule has 2 aromatic carbocycles. The molecule has 3 rings (SSSR count). The van der Waals surface area contributed by atoms with Gasteiger partial charge in [-0.05, 0) is 24.3 Å². The van der Waals surface area contributed by atoms with Gasteiger partial charge in [0, 0.05) is 20.1 Å². The summed E-state index contributed by atoms with van der Waals surface area (Å²) in [5.41, 5.74) is 0. The molecular formula is C20H24N2O5S. The Hall–Kier alpha value is -2.42. The van der Waals surface area contributed by atoms with E-state index < -0.39 is 22.2 Å². The Morgan fingerprint density at radius 2 is 1.75 bits per heavy atom. The third kappa shape index (κ3) is 4.70. The van der Waals surface area contributed by atoms with E-state index in [0.717, 1.165) is 0 Å². The van der Waals surface area contributed by atoms with E-state index in [1.165, 1.54) is 23.5 Å². The maximum atomic E-state index is 13.1. The van der Waals surface area contributed by atoms with Gasteiger partial charge in [-0.3, -0.25) is 4.79 Å². The topological polar surface area (TPSA) is 84.9 Å². The number of carbonyl (C=O) groups excluding carboxylic acids is 1. The summed E-state index contributed by atoms with van der Waals surface area (Å²) in [5.74, 6) is 0.292. The van der Waals surface area contributed by atoms with Crippen molar-refractivity contribution in [3.63, 3.8) is 0 Å². The number of para-hydroxylation sites is 1. The molecule has 0 unspecified atom stereocenters. The SMILES string of the molecule is COCCNC(=O)[C@H]1C[C@H](Oc2ccccc2)CN1S(=O)(=O)c1ccccc1. The van der Waals surface area contributed by atoms with Crippen LogP contribution in [0, 0.1) is 0 Å². The number of nitrogens with one attached hydrogen (secondary N) is 1. The zero-order valence-electron chi connectivity index (χ0n) is 15.7. The van der Waals surface area contributed by atoms with Crippen LogP contribution in [-0.4, -0.2) is 57.6 Å². The zero-order chi connectivity index (χ0) is 20.0. The van der Waals surface area contributed by atoms with E-state index in [1.807, 2.05) is 30.3 Å². The predicted molar refractivity (Wildman–Crippen MR) is 104 cm³/mol. The molecule has 1 amide bonds. The minimum Gasteiger partial charge on any atom is -0.489 e. The highest BCUT2D eigenvalue weighted by atomic mass is 32.2. The monoisotopic (exact) mass is 404 g/mol. The Bertz CT molecular complexity index is 874. The van der Waals surface area contributed by atoms with Crippen molar-refractivity contribution < 1.29 is 22.7 Å². The lowest BCUT2D eigenvalue weighted by molar-refractivity contribution is -0.124. The fourth-order valence-electron chi connectivity index (χ4n) is 3.17. The zero-order valence-corrected chi connectivity index (χ0v) is 16.5. The predicted octanol–water partition coefficient (Wildman–Crippen LogP) is 1.66. The number of methoxy groups -OCH3 is 1. The molecule has 0 spiro atoms. The van der Waals surface area contributed by atoms with Gasteiger partial charge in [0.1, 0.15) is 17.9 Å². The highest BCUT2D eigenvalue weighted by molar-refractivity contribution is 7.89. The molecular weight excluding hydrogens is 380 g/mol. The largest absolute Gasteiger partial charge is 0.489 e. The summed E-state index contributed by atoms with van der Waals surface area (Å²) in [6, 6.07) is 16.5. The lowest BCUT2D eigenvalue weighted by Crippen LogP contribution is -2.46. The first kappa shape index (κ1) is 20.3. The van der Waals surface area contributed by atoms with E-state index in [9.17, 15) is 13.2 Å². The third-order valence-electron chi connectivity index (χ3n) is 4.52. The second-order valence-corrected chi connectivity index (χ2v) is 8.37. The standard InChI is InChI=1S/C20H24N2O5S/c1-26-13-12-21-20(23)19-14-17(27-16-8-4-2-5-9-16)15-22(19)28(24,25)18-10-6-3-7-11-18/h2-11,17,19H,12-15H2,1H3,(H,21,23)/t17-,19+/m0/s1. The summed E-state index contributed by atoms with van der Waals surface area (Å²) in [4.78, 5) is 12.8. The minimum absolute atomic E-state index is 0.106. The normalized spacial score (nSPS) is 20.0. The molecule has 1 saturated heterocycles. The molecule has 1 aliphatic heterocycles. The number of carbonyl (C=O) groups is 1. The Kier molecular flexibility index (Phi) is 6.66. The van der Waals surface area contributed by atoms with Crippen LogP contribution in [-0.2, 0) is 19.6 Å². The maximum absolute atomic E-state index is 13.1. The first-order valence-corrected chi connectivity index (χ1v) is 10.5. The molecule has 0 saturated carbocycles. The number of benzene rings is 2. The van der Waals surface area contributed by atoms with Crippen molar-refractivity contribution in [1.29, 1.82) is 0 Å². The second kappa shape index (κ2) is 9.18. The van der Waals surface area contributed by atoms with E-state index in [0.29, 0.717) is 18.9 Å². The van der Waals surface area contributed by atoms with Gasteiger partial charge in [-0.1, -0.05) is 36.4 Å². The van der Waals surface area contributed by atoms with Crippen LogP contribution in [0.3, 0.4) is 0 Å². The highest BCUT2D eigenvalue weighted by Gasteiger charge is 2.44. The van der Waals surface area contributed by atoms with Crippen LogP contribution >= 0.6 is 0 Å². The van der Waals surface area contributed by atoms with Gasteiger partial charge in [0.25, 0.3) is 0 Å².